The van der Waals surface area contributed by atoms with Crippen molar-refractivity contribution in [3.05, 3.63) is 30.7 Å². The Morgan fingerprint density at radius 3 is 1.21 bits per heavy atom. The van der Waals surface area contributed by atoms with Crippen LogP contribution in [0.25, 0.3) is 0 Å². The van der Waals surface area contributed by atoms with E-state index in [0.717, 1.165) is 0 Å². The van der Waals surface area contributed by atoms with Crippen molar-refractivity contribution in [2.45, 2.75) is 37.8 Å². The minimum atomic E-state index is -1.39. The molecule has 0 amide bonds. The van der Waals surface area contributed by atoms with Crippen LogP contribution in [0.1, 0.15) is 25.7 Å². The number of aromatic hydroxyl groups is 2. The molecule has 0 saturated carbocycles. The van der Waals surface area contributed by atoms with Gasteiger partial charge in [0.1, 0.15) is 12.1 Å². The van der Waals surface area contributed by atoms with Crippen molar-refractivity contribution >= 4 is 23.9 Å². The molecule has 0 aliphatic rings. The minimum Gasteiger partial charge on any atom is -0.501 e. The number of carbonyl (C=O) groups is 2. The summed E-state index contributed by atoms with van der Waals surface area (Å²) in [6, 6.07) is -1.64. The number of carboxylic acid groups (broad SMARTS) is 2. The lowest BCUT2D eigenvalue weighted by Crippen LogP contribution is -2.34. The maximum Gasteiger partial charge on any atom is 0.320 e. The Hall–Kier alpha value is -4.25. The summed E-state index contributed by atoms with van der Waals surface area (Å²) in [7, 11) is 0. The van der Waals surface area contributed by atoms with Crippen LogP contribution in [-0.2, 0) is 9.59 Å². The quantitative estimate of drug-likeness (QED) is 0.0634. The number of rotatable bonds is 10. The first-order chi connectivity index (χ1) is 15.6. The fraction of sp³-hybridized carbons (Fsp3) is 0.471. The summed E-state index contributed by atoms with van der Waals surface area (Å²) in [5, 5.41) is 52.3. The number of hydrogen-bond acceptors (Lipinski definition) is 11. The Morgan fingerprint density at radius 2 is 1.03 bits per heavy atom. The van der Waals surface area contributed by atoms with Crippen LogP contribution in [0.2, 0.25) is 0 Å². The molecule has 192 valence electrons. The van der Waals surface area contributed by atoms with Gasteiger partial charge in [-0.3, -0.25) is 34.8 Å². The number of aliphatic carboxylic acids is 2. The molecular weight excluding hydrogens is 460 g/mol. The average molecular weight is 490 g/mol. The predicted molar refractivity (Wildman–Crippen MR) is 120 cm³/mol. The molecule has 0 heterocycles. The normalized spacial score (nSPS) is 11.5. The van der Waals surface area contributed by atoms with E-state index in [1.54, 1.807) is 0 Å². The van der Waals surface area contributed by atoms with E-state index in [0.29, 0.717) is 38.8 Å². The number of carboxylic acids is 2. The summed E-state index contributed by atoms with van der Waals surface area (Å²) in [5.74, 6) is -4.54. The zero-order valence-corrected chi connectivity index (χ0v) is 18.0. The van der Waals surface area contributed by atoms with Gasteiger partial charge < -0.3 is 54.0 Å². The molecular formula is C17H30N8O9. The van der Waals surface area contributed by atoms with E-state index in [1.165, 1.54) is 0 Å². The molecule has 16 N–H and O–H groups in total. The number of guanidine groups is 2. The summed E-state index contributed by atoms with van der Waals surface area (Å²) in [6.45, 7) is 0.965. The molecule has 2 atom stereocenters. The SMILES string of the molecule is N=C(N)NCCC[C@H](N)C(=O)O.N=C(N)NCCC[C@H](N)C(=O)O.O=c1c(O)c(O)c(=O)c1=O. The molecule has 17 heteroatoms. The molecule has 17 nitrogen and oxygen atoms in total. The highest BCUT2D eigenvalue weighted by Gasteiger charge is 2.17. The number of nitrogens with one attached hydrogen (secondary N) is 4. The monoisotopic (exact) mass is 490 g/mol. The van der Waals surface area contributed by atoms with Gasteiger partial charge in [0.2, 0.25) is 11.5 Å². The van der Waals surface area contributed by atoms with Crippen LogP contribution in [0, 0.1) is 10.8 Å². The third-order valence-electron chi connectivity index (χ3n) is 3.72. The van der Waals surface area contributed by atoms with Crippen molar-refractivity contribution in [2.24, 2.45) is 22.9 Å². The standard InChI is InChI=1S/2C6H14N4O2.C5H2O5/c2*7-4(5(11)12)2-1-3-10-6(8)9;6-1-2(7)4(9)5(10)3(1)8/h2*4H,1-3,7H2,(H,11,12)(H4,8,9,10);6-7H/t2*4-;/m00./s1. The summed E-state index contributed by atoms with van der Waals surface area (Å²) in [6.07, 6.45) is 1.95. The predicted octanol–water partition coefficient (Wildman–Crippen LogP) is -4.62. The van der Waals surface area contributed by atoms with Crippen molar-refractivity contribution in [3.63, 3.8) is 0 Å². The van der Waals surface area contributed by atoms with E-state index in [1.807, 2.05) is 0 Å². The topological polar surface area (TPSA) is 342 Å². The average Bonchev–Trinajstić information content (AvgIpc) is 2.92. The van der Waals surface area contributed by atoms with Crippen LogP contribution < -0.4 is 49.9 Å². The van der Waals surface area contributed by atoms with Gasteiger partial charge in [0.15, 0.2) is 11.9 Å². The van der Waals surface area contributed by atoms with Crippen molar-refractivity contribution in [3.8, 4) is 11.5 Å². The van der Waals surface area contributed by atoms with Crippen LogP contribution in [-0.4, -0.2) is 69.5 Å². The lowest BCUT2D eigenvalue weighted by atomic mass is 10.2. The molecule has 34 heavy (non-hydrogen) atoms. The smallest absolute Gasteiger partial charge is 0.320 e. The molecule has 0 radical (unpaired) electrons. The Bertz CT molecular complexity index is 900. The maximum absolute atomic E-state index is 10.3. The zero-order valence-electron chi connectivity index (χ0n) is 18.0. The van der Waals surface area contributed by atoms with Crippen LogP contribution in [0.5, 0.6) is 11.5 Å². The minimum absolute atomic E-state index is 0.112. The first-order valence-electron chi connectivity index (χ1n) is 9.51. The molecule has 1 aromatic rings. The maximum atomic E-state index is 10.3. The lowest BCUT2D eigenvalue weighted by Gasteiger charge is -2.06. The van der Waals surface area contributed by atoms with Crippen LogP contribution >= 0.6 is 0 Å². The van der Waals surface area contributed by atoms with Crippen LogP contribution in [0.15, 0.2) is 14.4 Å². The Labute approximate surface area is 192 Å². The van der Waals surface area contributed by atoms with Gasteiger partial charge in [-0.05, 0) is 25.7 Å². The molecule has 0 aliphatic carbocycles. The molecule has 1 rings (SSSR count). The summed E-state index contributed by atoms with van der Waals surface area (Å²) < 4.78 is 0. The Kier molecular flexibility index (Phi) is 15.4. The van der Waals surface area contributed by atoms with Crippen LogP contribution in [0.3, 0.4) is 0 Å². The molecule has 0 unspecified atom stereocenters. The van der Waals surface area contributed by atoms with Crippen molar-refractivity contribution < 1.29 is 30.0 Å². The fourth-order valence-corrected chi connectivity index (χ4v) is 1.87. The third kappa shape index (κ3) is 13.9. The summed E-state index contributed by atoms with van der Waals surface area (Å²) >= 11 is 0. The van der Waals surface area contributed by atoms with Gasteiger partial charge in [-0.1, -0.05) is 0 Å². The highest BCUT2D eigenvalue weighted by atomic mass is 16.4. The first-order valence-corrected chi connectivity index (χ1v) is 9.51. The van der Waals surface area contributed by atoms with E-state index in [-0.39, 0.29) is 11.9 Å². The van der Waals surface area contributed by atoms with E-state index in [4.69, 9.17) is 54.2 Å². The van der Waals surface area contributed by atoms with E-state index >= 15 is 0 Å². The number of hydrogen-bond donors (Lipinski definition) is 12. The summed E-state index contributed by atoms with van der Waals surface area (Å²) in [5.41, 5.74) is 16.3. The first kappa shape index (κ1) is 31.9. The van der Waals surface area contributed by atoms with Gasteiger partial charge in [-0.2, -0.15) is 0 Å². The number of nitrogens with two attached hydrogens (primary N) is 4. The Morgan fingerprint density at radius 1 is 0.735 bits per heavy atom. The Balaban J connectivity index is 0. The van der Waals surface area contributed by atoms with E-state index < -0.39 is 51.8 Å². The van der Waals surface area contributed by atoms with Gasteiger partial charge in [-0.25, -0.2) is 0 Å². The zero-order chi connectivity index (χ0) is 27.0. The molecule has 0 saturated heterocycles. The lowest BCUT2D eigenvalue weighted by molar-refractivity contribution is -0.139. The second kappa shape index (κ2) is 16.4. The fourth-order valence-electron chi connectivity index (χ4n) is 1.87. The van der Waals surface area contributed by atoms with Crippen molar-refractivity contribution in [1.82, 2.24) is 10.6 Å². The highest BCUT2D eigenvalue weighted by molar-refractivity contribution is 5.75. The van der Waals surface area contributed by atoms with Crippen molar-refractivity contribution in [2.75, 3.05) is 13.1 Å². The molecule has 0 aliphatic heterocycles. The van der Waals surface area contributed by atoms with E-state index in [2.05, 4.69) is 10.6 Å². The second-order valence-corrected chi connectivity index (χ2v) is 6.54. The summed E-state index contributed by atoms with van der Waals surface area (Å²) in [4.78, 5) is 51.3. The van der Waals surface area contributed by atoms with Crippen LogP contribution in [0.4, 0.5) is 0 Å². The van der Waals surface area contributed by atoms with Crippen molar-refractivity contribution in [1.29, 1.82) is 10.8 Å². The highest BCUT2D eigenvalue weighted by Crippen LogP contribution is 2.10. The van der Waals surface area contributed by atoms with Gasteiger partial charge in [0, 0.05) is 13.1 Å². The van der Waals surface area contributed by atoms with Gasteiger partial charge >= 0.3 is 11.9 Å². The largest absolute Gasteiger partial charge is 0.501 e. The molecule has 1 aromatic carbocycles. The molecule has 0 aromatic heterocycles. The molecule has 0 fully saturated rings. The third-order valence-corrected chi connectivity index (χ3v) is 3.72. The van der Waals surface area contributed by atoms with Gasteiger partial charge in [0.25, 0.3) is 16.3 Å². The van der Waals surface area contributed by atoms with Gasteiger partial charge in [0.05, 0.1) is 0 Å². The molecule has 0 spiro atoms. The van der Waals surface area contributed by atoms with Gasteiger partial charge in [-0.15, -0.1) is 0 Å². The second-order valence-electron chi connectivity index (χ2n) is 6.54. The molecule has 0 bridgehead atoms. The van der Waals surface area contributed by atoms with E-state index in [9.17, 15) is 24.0 Å².